The van der Waals surface area contributed by atoms with Crippen LogP contribution in [-0.4, -0.2) is 46.7 Å². The fraction of sp³-hybridized carbons (Fsp3) is 0.286. The molecule has 3 atom stereocenters. The SMILES string of the molecule is O=C(C1COc2ccccc2O1)N1CC(c2ccccc2)C(c2ncon2)C1. The van der Waals surface area contributed by atoms with Crippen LogP contribution >= 0.6 is 0 Å². The second-order valence-corrected chi connectivity index (χ2v) is 7.02. The zero-order valence-electron chi connectivity index (χ0n) is 15.1. The zero-order valence-corrected chi connectivity index (χ0v) is 15.1. The van der Waals surface area contributed by atoms with Crippen LogP contribution in [0, 0.1) is 0 Å². The molecule has 7 nitrogen and oxygen atoms in total. The minimum Gasteiger partial charge on any atom is -0.485 e. The fourth-order valence-electron chi connectivity index (χ4n) is 3.97. The van der Waals surface area contributed by atoms with Crippen LogP contribution in [0.5, 0.6) is 11.5 Å². The van der Waals surface area contributed by atoms with Crippen LogP contribution in [0.1, 0.15) is 23.2 Å². The highest BCUT2D eigenvalue weighted by atomic mass is 16.6. The summed E-state index contributed by atoms with van der Waals surface area (Å²) in [5, 5.41) is 4.03. The molecule has 2 aromatic carbocycles. The van der Waals surface area contributed by atoms with Gasteiger partial charge < -0.3 is 18.9 Å². The molecule has 0 N–H and O–H groups in total. The van der Waals surface area contributed by atoms with Crippen LogP contribution in [0.3, 0.4) is 0 Å². The van der Waals surface area contributed by atoms with Gasteiger partial charge in [0, 0.05) is 24.9 Å². The first-order valence-electron chi connectivity index (χ1n) is 9.28. The number of rotatable bonds is 3. The van der Waals surface area contributed by atoms with Gasteiger partial charge in [-0.25, -0.2) is 0 Å². The topological polar surface area (TPSA) is 77.7 Å². The Hall–Kier alpha value is -3.35. The summed E-state index contributed by atoms with van der Waals surface area (Å²) >= 11 is 0. The summed E-state index contributed by atoms with van der Waals surface area (Å²) in [4.78, 5) is 19.2. The summed E-state index contributed by atoms with van der Waals surface area (Å²) in [5.41, 5.74) is 1.15. The standard InChI is InChI=1S/C21H19N3O4/c25-21(19-12-26-17-8-4-5-9-18(17)28-19)24-10-15(14-6-2-1-3-7-14)16(11-24)20-22-13-27-23-20/h1-9,13,15-16,19H,10-12H2. The number of aromatic nitrogens is 2. The average molecular weight is 377 g/mol. The van der Waals surface area contributed by atoms with E-state index in [1.165, 1.54) is 6.39 Å². The smallest absolute Gasteiger partial charge is 0.267 e. The maximum Gasteiger partial charge on any atom is 0.267 e. The molecule has 7 heteroatoms. The van der Waals surface area contributed by atoms with E-state index in [2.05, 4.69) is 22.3 Å². The summed E-state index contributed by atoms with van der Waals surface area (Å²) in [6, 6.07) is 17.5. The fourth-order valence-corrected chi connectivity index (χ4v) is 3.97. The first-order valence-corrected chi connectivity index (χ1v) is 9.28. The lowest BCUT2D eigenvalue weighted by atomic mass is 9.88. The van der Waals surface area contributed by atoms with Gasteiger partial charge in [0.2, 0.25) is 12.5 Å². The maximum absolute atomic E-state index is 13.2. The first-order chi connectivity index (χ1) is 13.8. The van der Waals surface area contributed by atoms with Crippen molar-refractivity contribution in [3.8, 4) is 11.5 Å². The van der Waals surface area contributed by atoms with Gasteiger partial charge in [-0.1, -0.05) is 47.6 Å². The Morgan fingerprint density at radius 3 is 2.50 bits per heavy atom. The van der Waals surface area contributed by atoms with Crippen molar-refractivity contribution < 1.29 is 18.8 Å². The van der Waals surface area contributed by atoms with E-state index >= 15 is 0 Å². The highest BCUT2D eigenvalue weighted by Gasteiger charge is 2.42. The minimum absolute atomic E-state index is 0.0260. The molecule has 1 aromatic heterocycles. The van der Waals surface area contributed by atoms with Gasteiger partial charge in [0.15, 0.2) is 17.3 Å². The number of para-hydroxylation sites is 2. The Labute approximate surface area is 161 Å². The Balaban J connectivity index is 1.38. The molecule has 0 bridgehead atoms. The van der Waals surface area contributed by atoms with Crippen molar-refractivity contribution in [3.63, 3.8) is 0 Å². The van der Waals surface area contributed by atoms with Crippen LogP contribution in [0.25, 0.3) is 0 Å². The Morgan fingerprint density at radius 1 is 0.964 bits per heavy atom. The largest absolute Gasteiger partial charge is 0.485 e. The third-order valence-corrected chi connectivity index (χ3v) is 5.35. The average Bonchev–Trinajstić information content (AvgIpc) is 3.43. The molecule has 3 aromatic rings. The third kappa shape index (κ3) is 2.98. The predicted octanol–water partition coefficient (Wildman–Crippen LogP) is 2.62. The number of likely N-dealkylation sites (tertiary alicyclic amines) is 1. The molecule has 5 rings (SSSR count). The molecule has 142 valence electrons. The molecule has 3 unspecified atom stereocenters. The van der Waals surface area contributed by atoms with Crippen molar-refractivity contribution in [2.24, 2.45) is 0 Å². The lowest BCUT2D eigenvalue weighted by Crippen LogP contribution is -2.45. The van der Waals surface area contributed by atoms with E-state index in [-0.39, 0.29) is 24.3 Å². The summed E-state index contributed by atoms with van der Waals surface area (Å²) in [6.07, 6.45) is 0.673. The molecule has 0 spiro atoms. The molecule has 1 amide bonds. The second kappa shape index (κ2) is 6.99. The van der Waals surface area contributed by atoms with Gasteiger partial charge in [-0.15, -0.1) is 0 Å². The van der Waals surface area contributed by atoms with Gasteiger partial charge in [-0.3, -0.25) is 4.79 Å². The molecule has 0 radical (unpaired) electrons. The number of benzene rings is 2. The number of ether oxygens (including phenoxy) is 2. The van der Waals surface area contributed by atoms with E-state index < -0.39 is 6.10 Å². The highest BCUT2D eigenvalue weighted by molar-refractivity contribution is 5.82. The molecule has 2 aliphatic rings. The van der Waals surface area contributed by atoms with Crippen LogP contribution in [0.2, 0.25) is 0 Å². The molecule has 3 heterocycles. The van der Waals surface area contributed by atoms with Gasteiger partial charge in [0.05, 0.1) is 0 Å². The lowest BCUT2D eigenvalue weighted by molar-refractivity contribution is -0.140. The predicted molar refractivity (Wildman–Crippen MR) is 99.2 cm³/mol. The quantitative estimate of drug-likeness (QED) is 0.698. The third-order valence-electron chi connectivity index (χ3n) is 5.35. The van der Waals surface area contributed by atoms with Crippen molar-refractivity contribution >= 4 is 5.91 Å². The van der Waals surface area contributed by atoms with Crippen molar-refractivity contribution in [1.29, 1.82) is 0 Å². The van der Waals surface area contributed by atoms with Gasteiger partial charge in [-0.2, -0.15) is 4.98 Å². The molecule has 28 heavy (non-hydrogen) atoms. The van der Waals surface area contributed by atoms with Crippen molar-refractivity contribution in [1.82, 2.24) is 15.0 Å². The van der Waals surface area contributed by atoms with Gasteiger partial charge in [0.1, 0.15) is 6.61 Å². The highest BCUT2D eigenvalue weighted by Crippen LogP contribution is 2.39. The number of hydrogen-bond donors (Lipinski definition) is 0. The molecule has 2 aliphatic heterocycles. The number of carbonyl (C=O) groups is 1. The molecule has 1 saturated heterocycles. The Bertz CT molecular complexity index is 961. The number of hydrogen-bond acceptors (Lipinski definition) is 6. The molecule has 1 fully saturated rings. The molecular formula is C21H19N3O4. The van der Waals surface area contributed by atoms with Gasteiger partial charge in [-0.05, 0) is 17.7 Å². The monoisotopic (exact) mass is 377 g/mol. The first kappa shape index (κ1) is 16.8. The van der Waals surface area contributed by atoms with E-state index in [1.807, 2.05) is 47.4 Å². The van der Waals surface area contributed by atoms with E-state index in [0.717, 1.165) is 5.56 Å². The molecule has 0 saturated carbocycles. The number of nitrogens with zero attached hydrogens (tertiary/aromatic N) is 3. The maximum atomic E-state index is 13.2. The summed E-state index contributed by atoms with van der Waals surface area (Å²) < 4.78 is 16.6. The van der Waals surface area contributed by atoms with E-state index in [0.29, 0.717) is 30.4 Å². The van der Waals surface area contributed by atoms with E-state index in [4.69, 9.17) is 14.0 Å². The van der Waals surface area contributed by atoms with E-state index in [1.54, 1.807) is 0 Å². The Kier molecular flexibility index (Phi) is 4.20. The number of carbonyl (C=O) groups excluding carboxylic acids is 1. The van der Waals surface area contributed by atoms with Crippen molar-refractivity contribution in [3.05, 3.63) is 72.4 Å². The minimum atomic E-state index is -0.657. The van der Waals surface area contributed by atoms with Crippen molar-refractivity contribution in [2.75, 3.05) is 19.7 Å². The van der Waals surface area contributed by atoms with Crippen LogP contribution < -0.4 is 9.47 Å². The van der Waals surface area contributed by atoms with Crippen LogP contribution in [-0.2, 0) is 4.79 Å². The summed E-state index contributed by atoms with van der Waals surface area (Å²) in [6.45, 7) is 1.29. The normalized spacial score (nSPS) is 23.6. The summed E-state index contributed by atoms with van der Waals surface area (Å²) in [5.74, 6) is 1.87. The molecule has 0 aliphatic carbocycles. The van der Waals surface area contributed by atoms with E-state index in [9.17, 15) is 4.79 Å². The molecular weight excluding hydrogens is 358 g/mol. The number of fused-ring (bicyclic) bond motifs is 1. The van der Waals surface area contributed by atoms with Crippen LogP contribution in [0.15, 0.2) is 65.5 Å². The van der Waals surface area contributed by atoms with Gasteiger partial charge in [0.25, 0.3) is 5.91 Å². The summed E-state index contributed by atoms with van der Waals surface area (Å²) in [7, 11) is 0. The lowest BCUT2D eigenvalue weighted by Gasteiger charge is -2.28. The van der Waals surface area contributed by atoms with Crippen LogP contribution in [0.4, 0.5) is 0 Å². The zero-order chi connectivity index (χ0) is 18.9. The Morgan fingerprint density at radius 2 is 1.71 bits per heavy atom. The number of amides is 1. The van der Waals surface area contributed by atoms with Crippen molar-refractivity contribution in [2.45, 2.75) is 17.9 Å². The second-order valence-electron chi connectivity index (χ2n) is 7.02. The van der Waals surface area contributed by atoms with Gasteiger partial charge >= 0.3 is 0 Å².